The van der Waals surface area contributed by atoms with Crippen LogP contribution in [-0.4, -0.2) is 29.2 Å². The topological polar surface area (TPSA) is 40.5 Å². The summed E-state index contributed by atoms with van der Waals surface area (Å²) in [5, 5.41) is 9.08. The molecule has 15 heavy (non-hydrogen) atoms. The highest BCUT2D eigenvalue weighted by atomic mass is 16.4. The van der Waals surface area contributed by atoms with Crippen LogP contribution in [-0.2, 0) is 0 Å². The lowest BCUT2D eigenvalue weighted by atomic mass is 9.89. The van der Waals surface area contributed by atoms with Crippen LogP contribution >= 0.6 is 0 Å². The van der Waals surface area contributed by atoms with Gasteiger partial charge in [-0.25, -0.2) is 4.79 Å². The number of rotatable bonds is 4. The number of carbonyl (C=O) groups is 1. The molecule has 1 N–H and O–H groups in total. The van der Waals surface area contributed by atoms with E-state index >= 15 is 0 Å². The molecule has 0 aromatic rings. The average molecular weight is 213 g/mol. The van der Waals surface area contributed by atoms with E-state index in [9.17, 15) is 4.79 Å². The fourth-order valence-electron chi connectivity index (χ4n) is 2.35. The Morgan fingerprint density at radius 2 is 1.93 bits per heavy atom. The Morgan fingerprint density at radius 1 is 1.33 bits per heavy atom. The molecule has 1 saturated carbocycles. The lowest BCUT2D eigenvalue weighted by molar-refractivity contribution is 0.124. The zero-order chi connectivity index (χ0) is 11.3. The molecule has 1 aliphatic rings. The van der Waals surface area contributed by atoms with E-state index in [2.05, 4.69) is 13.8 Å². The summed E-state index contributed by atoms with van der Waals surface area (Å²) in [4.78, 5) is 12.6. The maximum Gasteiger partial charge on any atom is 0.407 e. The van der Waals surface area contributed by atoms with Gasteiger partial charge in [0, 0.05) is 13.1 Å². The molecular weight excluding hydrogens is 190 g/mol. The molecule has 88 valence electrons. The first-order valence-electron chi connectivity index (χ1n) is 6.07. The summed E-state index contributed by atoms with van der Waals surface area (Å²) in [6.07, 6.45) is 5.55. The molecule has 0 aliphatic heterocycles. The van der Waals surface area contributed by atoms with Crippen molar-refractivity contribution in [3.8, 4) is 0 Å². The summed E-state index contributed by atoms with van der Waals surface area (Å²) in [7, 11) is 0. The summed E-state index contributed by atoms with van der Waals surface area (Å²) in [5.41, 5.74) is 0. The van der Waals surface area contributed by atoms with Gasteiger partial charge >= 0.3 is 6.09 Å². The second-order valence-electron chi connectivity index (χ2n) is 5.09. The minimum Gasteiger partial charge on any atom is -0.465 e. The lowest BCUT2D eigenvalue weighted by Crippen LogP contribution is -2.37. The monoisotopic (exact) mass is 213 g/mol. The van der Waals surface area contributed by atoms with Gasteiger partial charge in [-0.3, -0.25) is 0 Å². The number of amides is 1. The van der Waals surface area contributed by atoms with Crippen molar-refractivity contribution in [1.82, 2.24) is 4.90 Å². The summed E-state index contributed by atoms with van der Waals surface area (Å²) >= 11 is 0. The van der Waals surface area contributed by atoms with Crippen LogP contribution in [0, 0.1) is 11.8 Å². The quantitative estimate of drug-likeness (QED) is 0.779. The summed E-state index contributed by atoms with van der Waals surface area (Å²) in [6, 6.07) is 0. The lowest BCUT2D eigenvalue weighted by Gasteiger charge is -2.28. The predicted octanol–water partition coefficient (Wildman–Crippen LogP) is 3.20. The SMILES string of the molecule is CC(C)CN(CC1CCCCC1)C(=O)O. The smallest absolute Gasteiger partial charge is 0.407 e. The highest BCUT2D eigenvalue weighted by molar-refractivity contribution is 5.64. The zero-order valence-electron chi connectivity index (χ0n) is 9.91. The van der Waals surface area contributed by atoms with Crippen LogP contribution < -0.4 is 0 Å². The Bertz CT molecular complexity index is 198. The van der Waals surface area contributed by atoms with Crippen LogP contribution in [0.5, 0.6) is 0 Å². The van der Waals surface area contributed by atoms with E-state index in [-0.39, 0.29) is 0 Å². The van der Waals surface area contributed by atoms with Crippen molar-refractivity contribution in [2.45, 2.75) is 46.0 Å². The van der Waals surface area contributed by atoms with Gasteiger partial charge in [-0.1, -0.05) is 33.1 Å². The standard InChI is InChI=1S/C12H23NO2/c1-10(2)8-13(12(14)15)9-11-6-4-3-5-7-11/h10-11H,3-9H2,1-2H3,(H,14,15). The molecule has 0 aromatic heterocycles. The van der Waals surface area contributed by atoms with Gasteiger partial charge in [-0.05, 0) is 24.7 Å². The van der Waals surface area contributed by atoms with Crippen molar-refractivity contribution in [3.63, 3.8) is 0 Å². The van der Waals surface area contributed by atoms with E-state index in [4.69, 9.17) is 5.11 Å². The minimum atomic E-state index is -0.755. The summed E-state index contributed by atoms with van der Waals surface area (Å²) in [6.45, 7) is 5.55. The molecule has 1 aliphatic carbocycles. The highest BCUT2D eigenvalue weighted by Crippen LogP contribution is 2.24. The van der Waals surface area contributed by atoms with Crippen molar-refractivity contribution in [1.29, 1.82) is 0 Å². The Balaban J connectivity index is 2.38. The van der Waals surface area contributed by atoms with Crippen molar-refractivity contribution >= 4 is 6.09 Å². The van der Waals surface area contributed by atoms with E-state index in [1.54, 1.807) is 4.90 Å². The number of carboxylic acid groups (broad SMARTS) is 1. The van der Waals surface area contributed by atoms with Crippen molar-refractivity contribution in [2.24, 2.45) is 11.8 Å². The van der Waals surface area contributed by atoms with E-state index < -0.39 is 6.09 Å². The third-order valence-electron chi connectivity index (χ3n) is 3.06. The van der Waals surface area contributed by atoms with Crippen LogP contribution in [0.3, 0.4) is 0 Å². The van der Waals surface area contributed by atoms with Gasteiger partial charge in [0.25, 0.3) is 0 Å². The van der Waals surface area contributed by atoms with Crippen LogP contribution in [0.15, 0.2) is 0 Å². The number of nitrogens with zero attached hydrogens (tertiary/aromatic N) is 1. The minimum absolute atomic E-state index is 0.421. The molecule has 0 aromatic carbocycles. The van der Waals surface area contributed by atoms with E-state index in [1.807, 2.05) is 0 Å². The molecule has 1 fully saturated rings. The Labute approximate surface area is 92.5 Å². The first-order chi connectivity index (χ1) is 7.09. The third-order valence-corrected chi connectivity index (χ3v) is 3.06. The first-order valence-corrected chi connectivity index (χ1v) is 6.07. The molecule has 3 heteroatoms. The molecule has 3 nitrogen and oxygen atoms in total. The van der Waals surface area contributed by atoms with Gasteiger partial charge in [0.15, 0.2) is 0 Å². The maximum absolute atomic E-state index is 11.0. The molecule has 0 radical (unpaired) electrons. The van der Waals surface area contributed by atoms with Gasteiger partial charge in [-0.2, -0.15) is 0 Å². The molecule has 0 unspecified atom stereocenters. The van der Waals surface area contributed by atoms with E-state index in [0.29, 0.717) is 18.4 Å². The number of hydrogen-bond donors (Lipinski definition) is 1. The van der Waals surface area contributed by atoms with Gasteiger partial charge in [-0.15, -0.1) is 0 Å². The van der Waals surface area contributed by atoms with Crippen molar-refractivity contribution in [3.05, 3.63) is 0 Å². The fraction of sp³-hybridized carbons (Fsp3) is 0.917. The molecular formula is C12H23NO2. The highest BCUT2D eigenvalue weighted by Gasteiger charge is 2.20. The third kappa shape index (κ3) is 4.54. The van der Waals surface area contributed by atoms with E-state index in [1.165, 1.54) is 32.1 Å². The molecule has 1 rings (SSSR count). The molecule has 0 atom stereocenters. The van der Waals surface area contributed by atoms with Gasteiger partial charge < -0.3 is 10.0 Å². The van der Waals surface area contributed by atoms with Crippen molar-refractivity contribution in [2.75, 3.05) is 13.1 Å². The van der Waals surface area contributed by atoms with E-state index in [0.717, 1.165) is 6.54 Å². The normalized spacial score (nSPS) is 18.1. The largest absolute Gasteiger partial charge is 0.465 e. The molecule has 0 bridgehead atoms. The van der Waals surface area contributed by atoms with Crippen LogP contribution in [0.2, 0.25) is 0 Å². The second kappa shape index (κ2) is 5.99. The predicted molar refractivity (Wildman–Crippen MR) is 61.0 cm³/mol. The first kappa shape index (κ1) is 12.3. The molecule has 0 saturated heterocycles. The second-order valence-corrected chi connectivity index (χ2v) is 5.09. The average Bonchev–Trinajstić information content (AvgIpc) is 2.17. The molecule has 1 amide bonds. The fourth-order valence-corrected chi connectivity index (χ4v) is 2.35. The Kier molecular flexibility index (Phi) is 4.92. The Morgan fingerprint density at radius 3 is 2.40 bits per heavy atom. The maximum atomic E-state index is 11.0. The van der Waals surface area contributed by atoms with Gasteiger partial charge in [0.05, 0.1) is 0 Å². The zero-order valence-corrected chi connectivity index (χ0v) is 9.91. The summed E-state index contributed by atoms with van der Waals surface area (Å²) in [5.74, 6) is 1.03. The van der Waals surface area contributed by atoms with Crippen LogP contribution in [0.25, 0.3) is 0 Å². The summed E-state index contributed by atoms with van der Waals surface area (Å²) < 4.78 is 0. The Hall–Kier alpha value is -0.730. The van der Waals surface area contributed by atoms with Crippen LogP contribution in [0.1, 0.15) is 46.0 Å². The molecule has 0 spiro atoms. The number of hydrogen-bond acceptors (Lipinski definition) is 1. The van der Waals surface area contributed by atoms with Crippen molar-refractivity contribution < 1.29 is 9.90 Å². The van der Waals surface area contributed by atoms with Gasteiger partial charge in [0.1, 0.15) is 0 Å². The van der Waals surface area contributed by atoms with Crippen LogP contribution in [0.4, 0.5) is 4.79 Å². The molecule has 0 heterocycles. The van der Waals surface area contributed by atoms with Gasteiger partial charge in [0.2, 0.25) is 0 Å².